The molecule has 5 rings (SSSR count). The molecule has 2 fully saturated rings. The van der Waals surface area contributed by atoms with E-state index in [1.165, 1.54) is 4.90 Å². The summed E-state index contributed by atoms with van der Waals surface area (Å²) in [6.07, 6.45) is 3.67. The van der Waals surface area contributed by atoms with Crippen molar-refractivity contribution in [2.75, 3.05) is 11.9 Å². The summed E-state index contributed by atoms with van der Waals surface area (Å²) in [5, 5.41) is 0. The number of hydrogen-bond donors (Lipinski definition) is 0. The van der Waals surface area contributed by atoms with Gasteiger partial charge in [-0.05, 0) is 12.1 Å². The second-order valence-electron chi connectivity index (χ2n) is 5.75. The molecule has 4 aliphatic rings. The summed E-state index contributed by atoms with van der Waals surface area (Å²) in [6, 6.07) is 8.61. The number of carbonyl (C=O) groups excluding carboxylic acids is 3. The van der Waals surface area contributed by atoms with Crippen LogP contribution in [0.4, 0.5) is 5.69 Å². The molecule has 3 heterocycles. The number of likely N-dealkylation sites (N-methyl/N-ethyl adjacent to an activating group) is 1. The average molecular weight is 282 g/mol. The molecular formula is C16H14N2O3. The predicted octanol–water partition coefficient (Wildman–Crippen LogP) is 0.819. The molecule has 106 valence electrons. The van der Waals surface area contributed by atoms with Gasteiger partial charge in [0.05, 0.1) is 29.5 Å². The van der Waals surface area contributed by atoms with E-state index in [2.05, 4.69) is 0 Å². The van der Waals surface area contributed by atoms with E-state index in [9.17, 15) is 14.4 Å². The van der Waals surface area contributed by atoms with Gasteiger partial charge in [0.25, 0.3) is 0 Å². The molecule has 0 radical (unpaired) electrons. The second kappa shape index (κ2) is 4.04. The Balaban J connectivity index is 1.80. The summed E-state index contributed by atoms with van der Waals surface area (Å²) in [5.74, 6) is -2.02. The van der Waals surface area contributed by atoms with E-state index in [-0.39, 0.29) is 23.8 Å². The Bertz CT molecular complexity index is 682. The van der Waals surface area contributed by atoms with Crippen LogP contribution in [0.15, 0.2) is 42.5 Å². The van der Waals surface area contributed by atoms with Crippen molar-refractivity contribution < 1.29 is 14.4 Å². The summed E-state index contributed by atoms with van der Waals surface area (Å²) in [6.45, 7) is 0. The molecule has 4 atom stereocenters. The number of anilines is 1. The first-order valence-corrected chi connectivity index (χ1v) is 6.99. The van der Waals surface area contributed by atoms with Crippen molar-refractivity contribution in [3.05, 3.63) is 42.5 Å². The lowest BCUT2D eigenvalue weighted by Gasteiger charge is -2.44. The Morgan fingerprint density at radius 2 is 1.52 bits per heavy atom. The van der Waals surface area contributed by atoms with E-state index in [1.54, 1.807) is 42.3 Å². The molecule has 2 saturated heterocycles. The number of hydrogen-bond acceptors (Lipinski definition) is 3. The smallest absolute Gasteiger partial charge is 0.240 e. The lowest BCUT2D eigenvalue weighted by atomic mass is 9.70. The number of nitrogens with zero attached hydrogens (tertiary/aromatic N) is 2. The van der Waals surface area contributed by atoms with Crippen molar-refractivity contribution >= 4 is 23.4 Å². The van der Waals surface area contributed by atoms with Gasteiger partial charge in [0, 0.05) is 7.05 Å². The monoisotopic (exact) mass is 282 g/mol. The van der Waals surface area contributed by atoms with E-state index in [1.807, 2.05) is 12.1 Å². The van der Waals surface area contributed by atoms with E-state index in [4.69, 9.17) is 0 Å². The van der Waals surface area contributed by atoms with Gasteiger partial charge in [-0.15, -0.1) is 0 Å². The average Bonchev–Trinajstić information content (AvgIpc) is 2.78. The van der Waals surface area contributed by atoms with Gasteiger partial charge in [-0.1, -0.05) is 30.4 Å². The maximum absolute atomic E-state index is 12.7. The Kier molecular flexibility index (Phi) is 2.37. The van der Waals surface area contributed by atoms with Gasteiger partial charge in [0.15, 0.2) is 0 Å². The number of imide groups is 1. The Morgan fingerprint density at radius 3 is 2.24 bits per heavy atom. The summed E-state index contributed by atoms with van der Waals surface area (Å²) in [5.41, 5.74) is 0.580. The fourth-order valence-corrected chi connectivity index (χ4v) is 3.74. The van der Waals surface area contributed by atoms with E-state index in [0.717, 1.165) is 0 Å². The number of carbonyl (C=O) groups is 3. The minimum atomic E-state index is -0.545. The number of para-hydroxylation sites is 1. The Hall–Kier alpha value is -2.43. The molecule has 0 N–H and O–H groups in total. The number of piperidine rings is 1. The summed E-state index contributed by atoms with van der Waals surface area (Å²) in [7, 11) is 1.70. The van der Waals surface area contributed by atoms with Gasteiger partial charge < -0.3 is 4.90 Å². The van der Waals surface area contributed by atoms with Crippen molar-refractivity contribution in [3.8, 4) is 0 Å². The molecule has 1 aromatic carbocycles. The maximum atomic E-state index is 12.7. The molecule has 5 heteroatoms. The van der Waals surface area contributed by atoms with Crippen LogP contribution >= 0.6 is 0 Å². The highest BCUT2D eigenvalue weighted by molar-refractivity contribution is 6.24. The number of benzene rings is 1. The van der Waals surface area contributed by atoms with E-state index >= 15 is 0 Å². The van der Waals surface area contributed by atoms with Crippen molar-refractivity contribution in [2.45, 2.75) is 6.04 Å². The van der Waals surface area contributed by atoms with Gasteiger partial charge in [-0.2, -0.15) is 0 Å². The maximum Gasteiger partial charge on any atom is 0.240 e. The first-order valence-electron chi connectivity index (χ1n) is 6.99. The second-order valence-corrected chi connectivity index (χ2v) is 5.75. The van der Waals surface area contributed by atoms with Crippen LogP contribution in [0.25, 0.3) is 0 Å². The van der Waals surface area contributed by atoms with Crippen molar-refractivity contribution in [1.82, 2.24) is 4.90 Å². The van der Waals surface area contributed by atoms with E-state index < -0.39 is 17.8 Å². The van der Waals surface area contributed by atoms with Gasteiger partial charge >= 0.3 is 0 Å². The zero-order valence-electron chi connectivity index (χ0n) is 11.5. The highest BCUT2D eigenvalue weighted by Crippen LogP contribution is 2.46. The van der Waals surface area contributed by atoms with E-state index in [0.29, 0.717) is 5.69 Å². The first-order chi connectivity index (χ1) is 10.1. The summed E-state index contributed by atoms with van der Waals surface area (Å²) in [4.78, 5) is 40.5. The van der Waals surface area contributed by atoms with Crippen molar-refractivity contribution in [3.63, 3.8) is 0 Å². The largest absolute Gasteiger partial charge is 0.338 e. The van der Waals surface area contributed by atoms with Gasteiger partial charge in [0.1, 0.15) is 0 Å². The number of amides is 3. The van der Waals surface area contributed by atoms with Crippen LogP contribution in [0.2, 0.25) is 0 Å². The zero-order valence-corrected chi connectivity index (χ0v) is 11.5. The molecule has 0 aromatic heterocycles. The van der Waals surface area contributed by atoms with Crippen LogP contribution in [0, 0.1) is 17.8 Å². The van der Waals surface area contributed by atoms with Crippen LogP contribution in [0.3, 0.4) is 0 Å². The third-order valence-corrected chi connectivity index (χ3v) is 4.76. The normalized spacial score (nSPS) is 33.9. The van der Waals surface area contributed by atoms with Crippen molar-refractivity contribution in [2.24, 2.45) is 17.8 Å². The van der Waals surface area contributed by atoms with Gasteiger partial charge in [-0.3, -0.25) is 14.4 Å². The highest BCUT2D eigenvalue weighted by Gasteiger charge is 2.61. The molecule has 5 nitrogen and oxygen atoms in total. The van der Waals surface area contributed by atoms with Crippen molar-refractivity contribution in [1.29, 1.82) is 0 Å². The third kappa shape index (κ3) is 1.43. The fourth-order valence-electron chi connectivity index (χ4n) is 3.74. The molecule has 2 bridgehead atoms. The molecule has 1 aliphatic carbocycles. The lowest BCUT2D eigenvalue weighted by Crippen LogP contribution is -2.57. The Labute approximate surface area is 121 Å². The first kappa shape index (κ1) is 12.3. The molecule has 0 saturated carbocycles. The van der Waals surface area contributed by atoms with Crippen LogP contribution in [-0.4, -0.2) is 35.7 Å². The third-order valence-electron chi connectivity index (χ3n) is 4.76. The minimum absolute atomic E-state index is 0.0696. The van der Waals surface area contributed by atoms with Crippen LogP contribution in [-0.2, 0) is 14.4 Å². The number of rotatable bonds is 1. The molecule has 0 spiro atoms. The van der Waals surface area contributed by atoms with Crippen LogP contribution in [0.1, 0.15) is 0 Å². The predicted molar refractivity (Wildman–Crippen MR) is 75.1 cm³/mol. The summed E-state index contributed by atoms with van der Waals surface area (Å²) >= 11 is 0. The quantitative estimate of drug-likeness (QED) is 0.566. The molecule has 3 amide bonds. The summed E-state index contributed by atoms with van der Waals surface area (Å²) < 4.78 is 0. The van der Waals surface area contributed by atoms with Crippen LogP contribution in [0.5, 0.6) is 0 Å². The standard InChI is InChI=1S/C16H14N2O3/c1-17-11-8-7-10(14(17)19)12-13(11)16(21)18(15(12)20)9-5-3-2-4-6-9/h2-8,10-13H,1H3/t10-,11+,12+,13-/m0/s1. The molecule has 1 aromatic rings. The highest BCUT2D eigenvalue weighted by atomic mass is 16.2. The minimum Gasteiger partial charge on any atom is -0.338 e. The van der Waals surface area contributed by atoms with Gasteiger partial charge in [0.2, 0.25) is 17.7 Å². The zero-order chi connectivity index (χ0) is 14.7. The fraction of sp³-hybridized carbons (Fsp3) is 0.312. The van der Waals surface area contributed by atoms with Gasteiger partial charge in [-0.25, -0.2) is 4.90 Å². The lowest BCUT2D eigenvalue weighted by molar-refractivity contribution is -0.148. The number of fused-ring (bicyclic) bond motifs is 1. The topological polar surface area (TPSA) is 57.7 Å². The Morgan fingerprint density at radius 1 is 0.857 bits per heavy atom. The van der Waals surface area contributed by atoms with Crippen LogP contribution < -0.4 is 4.90 Å². The molecule has 0 unspecified atom stereocenters. The molecule has 3 aliphatic heterocycles. The molecule has 21 heavy (non-hydrogen) atoms. The molecular weight excluding hydrogens is 268 g/mol. The SMILES string of the molecule is CN1C(=O)[C@H]2C=C[C@@H]1[C@@H]1C(=O)N(c3ccccc3)C(=O)[C@@H]12.